The number of carboxylic acids is 1. The summed E-state index contributed by atoms with van der Waals surface area (Å²) in [5, 5.41) is 9.30. The molecule has 0 aromatic heterocycles. The summed E-state index contributed by atoms with van der Waals surface area (Å²) in [6, 6.07) is 9.93. The summed E-state index contributed by atoms with van der Waals surface area (Å²) in [5.41, 5.74) is 1.10. The Hall–Kier alpha value is -1.43. The van der Waals surface area contributed by atoms with E-state index in [0.29, 0.717) is 6.61 Å². The molecule has 0 bridgehead atoms. The van der Waals surface area contributed by atoms with E-state index in [1.165, 1.54) is 7.11 Å². The van der Waals surface area contributed by atoms with Crippen LogP contribution in [0.1, 0.15) is 32.8 Å². The van der Waals surface area contributed by atoms with Gasteiger partial charge in [0.2, 0.25) is 0 Å². The van der Waals surface area contributed by atoms with Gasteiger partial charge in [0, 0.05) is 13.0 Å². The van der Waals surface area contributed by atoms with E-state index >= 15 is 0 Å². The number of hydrogen-bond acceptors (Lipinski definition) is 4. The summed E-state index contributed by atoms with van der Waals surface area (Å²) in [6.07, 6.45) is 0.236. The van der Waals surface area contributed by atoms with Crippen molar-refractivity contribution in [3.63, 3.8) is 0 Å². The van der Waals surface area contributed by atoms with Gasteiger partial charge in [-0.25, -0.2) is 0 Å². The van der Waals surface area contributed by atoms with E-state index in [2.05, 4.69) is 0 Å². The fraction of sp³-hybridized carbons (Fsp3) is 0.611. The predicted octanol–water partition coefficient (Wildman–Crippen LogP) is 3.33. The molecule has 0 amide bonds. The van der Waals surface area contributed by atoms with Gasteiger partial charge in [0.1, 0.15) is 6.79 Å². The lowest BCUT2D eigenvalue weighted by Crippen LogP contribution is -2.40. The van der Waals surface area contributed by atoms with Crippen LogP contribution >= 0.6 is 0 Å². The van der Waals surface area contributed by atoms with Crippen molar-refractivity contribution >= 4 is 5.97 Å². The monoisotopic (exact) mass is 324 g/mol. The van der Waals surface area contributed by atoms with E-state index < -0.39 is 18.0 Å². The van der Waals surface area contributed by atoms with Crippen LogP contribution in [0.25, 0.3) is 0 Å². The average Bonchev–Trinajstić information content (AvgIpc) is 2.56. The van der Waals surface area contributed by atoms with Crippen molar-refractivity contribution in [2.45, 2.75) is 46.0 Å². The van der Waals surface area contributed by atoms with Crippen molar-refractivity contribution in [2.75, 3.05) is 13.9 Å². The minimum atomic E-state index is -0.879. The molecule has 130 valence electrons. The third-order valence-electron chi connectivity index (χ3n) is 4.07. The zero-order chi connectivity index (χ0) is 17.2. The Balaban J connectivity index is 2.72. The first-order valence-electron chi connectivity index (χ1n) is 8.00. The normalized spacial score (nSPS) is 16.5. The third kappa shape index (κ3) is 6.29. The molecule has 0 radical (unpaired) electrons. The van der Waals surface area contributed by atoms with Crippen molar-refractivity contribution in [3.8, 4) is 0 Å². The van der Waals surface area contributed by atoms with Crippen LogP contribution in [-0.4, -0.2) is 37.2 Å². The molecule has 5 heteroatoms. The zero-order valence-corrected chi connectivity index (χ0v) is 14.4. The summed E-state index contributed by atoms with van der Waals surface area (Å²) >= 11 is 0. The quantitative estimate of drug-likeness (QED) is 0.633. The summed E-state index contributed by atoms with van der Waals surface area (Å²) < 4.78 is 16.6. The molecule has 1 rings (SSSR count). The Morgan fingerprint density at radius 1 is 1.17 bits per heavy atom. The van der Waals surface area contributed by atoms with Crippen LogP contribution in [-0.2, 0) is 25.6 Å². The fourth-order valence-electron chi connectivity index (χ4n) is 2.67. The Labute approximate surface area is 138 Å². The van der Waals surface area contributed by atoms with Crippen molar-refractivity contribution in [1.29, 1.82) is 0 Å². The van der Waals surface area contributed by atoms with Gasteiger partial charge in [0.15, 0.2) is 0 Å². The van der Waals surface area contributed by atoms with E-state index in [1.807, 2.05) is 44.2 Å². The number of aliphatic carboxylic acids is 1. The molecule has 0 aliphatic heterocycles. The largest absolute Gasteiger partial charge is 0.481 e. The second kappa shape index (κ2) is 10.4. The van der Waals surface area contributed by atoms with E-state index in [0.717, 1.165) is 12.0 Å². The Morgan fingerprint density at radius 3 is 2.35 bits per heavy atom. The van der Waals surface area contributed by atoms with Gasteiger partial charge in [-0.2, -0.15) is 0 Å². The Kier molecular flexibility index (Phi) is 8.84. The van der Waals surface area contributed by atoms with Crippen molar-refractivity contribution in [3.05, 3.63) is 35.9 Å². The highest BCUT2D eigenvalue weighted by Gasteiger charge is 2.34. The van der Waals surface area contributed by atoms with Crippen LogP contribution in [0.15, 0.2) is 30.3 Å². The van der Waals surface area contributed by atoms with Crippen LogP contribution in [0.2, 0.25) is 0 Å². The molecule has 1 aromatic rings. The summed E-state index contributed by atoms with van der Waals surface area (Å²) in [7, 11) is 1.52. The van der Waals surface area contributed by atoms with Crippen LogP contribution in [0.4, 0.5) is 0 Å². The second-order valence-corrected chi connectivity index (χ2v) is 5.77. The summed E-state index contributed by atoms with van der Waals surface area (Å²) in [5.74, 6) is -1.57. The predicted molar refractivity (Wildman–Crippen MR) is 88.0 cm³/mol. The molecule has 1 unspecified atom stereocenters. The third-order valence-corrected chi connectivity index (χ3v) is 4.07. The molecule has 1 N–H and O–H groups in total. The molecule has 0 aliphatic carbocycles. The highest BCUT2D eigenvalue weighted by molar-refractivity contribution is 5.70. The van der Waals surface area contributed by atoms with Crippen molar-refractivity contribution < 1.29 is 24.1 Å². The average molecular weight is 324 g/mol. The molecule has 0 heterocycles. The molecular weight excluding hydrogens is 296 g/mol. The van der Waals surface area contributed by atoms with Gasteiger partial charge in [-0.15, -0.1) is 0 Å². The minimum Gasteiger partial charge on any atom is -0.481 e. The van der Waals surface area contributed by atoms with Crippen LogP contribution in [0.5, 0.6) is 0 Å². The first-order valence-corrected chi connectivity index (χ1v) is 8.00. The first-order chi connectivity index (χ1) is 11.0. The molecule has 0 fully saturated rings. The van der Waals surface area contributed by atoms with Crippen molar-refractivity contribution in [1.82, 2.24) is 0 Å². The number of carboxylic acid groups (broad SMARTS) is 1. The molecule has 4 atom stereocenters. The fourth-order valence-corrected chi connectivity index (χ4v) is 2.67. The van der Waals surface area contributed by atoms with Gasteiger partial charge in [-0.3, -0.25) is 4.79 Å². The molecule has 5 nitrogen and oxygen atoms in total. The number of rotatable bonds is 11. The molecule has 0 saturated carbocycles. The lowest BCUT2D eigenvalue weighted by Gasteiger charge is -2.32. The molecule has 0 aliphatic rings. The summed E-state index contributed by atoms with van der Waals surface area (Å²) in [4.78, 5) is 11.3. The SMILES string of the molecule is CCC(OCc1ccccc1)[C@H](C)[C@H](OCOC)[C@H](C)C(=O)O. The number of ether oxygens (including phenoxy) is 3. The Bertz CT molecular complexity index is 448. The van der Waals surface area contributed by atoms with Crippen LogP contribution in [0.3, 0.4) is 0 Å². The minimum absolute atomic E-state index is 0.0648. The van der Waals surface area contributed by atoms with Crippen molar-refractivity contribution in [2.24, 2.45) is 11.8 Å². The molecule has 23 heavy (non-hydrogen) atoms. The summed E-state index contributed by atoms with van der Waals surface area (Å²) in [6.45, 7) is 6.23. The topological polar surface area (TPSA) is 65.0 Å². The zero-order valence-electron chi connectivity index (χ0n) is 14.4. The number of hydrogen-bond donors (Lipinski definition) is 1. The van der Waals surface area contributed by atoms with E-state index in [4.69, 9.17) is 14.2 Å². The Morgan fingerprint density at radius 2 is 1.83 bits per heavy atom. The molecular formula is C18H28O5. The highest BCUT2D eigenvalue weighted by atomic mass is 16.7. The van der Waals surface area contributed by atoms with Gasteiger partial charge in [-0.1, -0.05) is 44.2 Å². The maximum absolute atomic E-state index is 11.3. The number of methoxy groups -OCH3 is 1. The van der Waals surface area contributed by atoms with E-state index in [-0.39, 0.29) is 18.8 Å². The number of carbonyl (C=O) groups is 1. The second-order valence-electron chi connectivity index (χ2n) is 5.77. The van der Waals surface area contributed by atoms with Crippen LogP contribution in [0, 0.1) is 11.8 Å². The standard InChI is InChI=1S/C18H28O5/c1-5-16(22-11-15-9-7-6-8-10-15)13(2)17(23-12-21-4)14(3)18(19)20/h6-10,13-14,16-17H,5,11-12H2,1-4H3,(H,19,20)/t13-,14-,16?,17-/m0/s1. The maximum Gasteiger partial charge on any atom is 0.308 e. The number of benzene rings is 1. The molecule has 1 aromatic carbocycles. The highest BCUT2D eigenvalue weighted by Crippen LogP contribution is 2.25. The van der Waals surface area contributed by atoms with Crippen LogP contribution < -0.4 is 0 Å². The van der Waals surface area contributed by atoms with Gasteiger partial charge in [0.25, 0.3) is 0 Å². The van der Waals surface area contributed by atoms with Gasteiger partial charge < -0.3 is 19.3 Å². The van der Waals surface area contributed by atoms with Gasteiger partial charge in [0.05, 0.1) is 24.7 Å². The smallest absolute Gasteiger partial charge is 0.308 e. The lowest BCUT2D eigenvalue weighted by atomic mass is 9.88. The molecule has 0 spiro atoms. The van der Waals surface area contributed by atoms with E-state index in [9.17, 15) is 9.90 Å². The van der Waals surface area contributed by atoms with Gasteiger partial charge in [-0.05, 0) is 18.9 Å². The first kappa shape index (κ1) is 19.6. The maximum atomic E-state index is 11.3. The molecule has 0 saturated heterocycles. The van der Waals surface area contributed by atoms with E-state index in [1.54, 1.807) is 6.92 Å². The lowest BCUT2D eigenvalue weighted by molar-refractivity contribution is -0.163. The van der Waals surface area contributed by atoms with Gasteiger partial charge >= 0.3 is 5.97 Å².